The van der Waals surface area contributed by atoms with E-state index in [0.29, 0.717) is 0 Å². The number of hydrogen-bond donors (Lipinski definition) is 1. The zero-order chi connectivity index (χ0) is 4.28. The van der Waals surface area contributed by atoms with Gasteiger partial charge in [-0.15, -0.1) is 17.0 Å². The molecule has 0 fully saturated rings. The Labute approximate surface area is 97.6 Å². The number of aliphatic hydroxyl groups excluding tert-OH is 1. The molecule has 0 rings (SSSR count). The second kappa shape index (κ2) is 16.0. The number of carbonyl (C=O) groups is 1. The van der Waals surface area contributed by atoms with Crippen LogP contribution >= 0.6 is 28.6 Å². The first-order chi connectivity index (χ1) is 2.27. The molecule has 46 valence electrons. The third-order valence-corrected chi connectivity index (χ3v) is 0.244. The molecule has 0 aliphatic carbocycles. The largest absolute Gasteiger partial charge is 1.00 e. The van der Waals surface area contributed by atoms with Crippen LogP contribution in [0.15, 0.2) is 0 Å². The van der Waals surface area contributed by atoms with Crippen molar-refractivity contribution >= 4 is 51.2 Å². The van der Waals surface area contributed by atoms with E-state index in [1.54, 1.807) is 0 Å². The summed E-state index contributed by atoms with van der Waals surface area (Å²) in [5, 5.41) is 6.94. The smallest absolute Gasteiger partial charge is 1.00 e. The van der Waals surface area contributed by atoms with Gasteiger partial charge in [0, 0.05) is 0 Å². The van der Waals surface area contributed by atoms with Gasteiger partial charge in [0.05, 0.1) is 0 Å². The molecular formula is C2H8AlBrClNaO2. The van der Waals surface area contributed by atoms with Crippen LogP contribution in [0, 0.1) is 0 Å². The molecule has 0 saturated carbocycles. The summed E-state index contributed by atoms with van der Waals surface area (Å²) in [6, 6.07) is 0. The third kappa shape index (κ3) is 24.7. The van der Waals surface area contributed by atoms with Crippen molar-refractivity contribution in [3.8, 4) is 0 Å². The van der Waals surface area contributed by atoms with Crippen LogP contribution in [-0.4, -0.2) is 34.3 Å². The van der Waals surface area contributed by atoms with E-state index in [0.717, 1.165) is 0 Å². The normalized spacial score (nSPS) is 4.75. The van der Waals surface area contributed by atoms with Crippen molar-refractivity contribution in [3.05, 3.63) is 0 Å². The van der Waals surface area contributed by atoms with E-state index in [2.05, 4.69) is 11.6 Å². The van der Waals surface area contributed by atoms with Crippen LogP contribution in [-0.2, 0) is 4.79 Å². The van der Waals surface area contributed by atoms with Gasteiger partial charge in [0.2, 0.25) is 5.24 Å². The minimum Gasteiger partial charge on any atom is -1.00 e. The fourth-order valence-electron chi connectivity index (χ4n) is 0. The summed E-state index contributed by atoms with van der Waals surface area (Å²) in [7, 11) is 0. The van der Waals surface area contributed by atoms with Crippen molar-refractivity contribution in [2.45, 2.75) is 0 Å². The molecule has 6 heteroatoms. The number of aliphatic hydroxyl groups is 1. The van der Waals surface area contributed by atoms with Crippen LogP contribution in [0.5, 0.6) is 0 Å². The molecule has 8 heavy (non-hydrogen) atoms. The second-order valence-corrected chi connectivity index (χ2v) is 0.935. The molecule has 0 radical (unpaired) electrons. The van der Waals surface area contributed by atoms with Crippen LogP contribution in [0.2, 0.25) is 0 Å². The summed E-state index contributed by atoms with van der Waals surface area (Å²) in [5.41, 5.74) is 0. The molecule has 0 aromatic rings. The Morgan fingerprint density at radius 3 is 1.88 bits per heavy atom. The molecule has 0 aliphatic rings. The van der Waals surface area contributed by atoms with E-state index in [4.69, 9.17) is 5.11 Å². The van der Waals surface area contributed by atoms with Crippen LogP contribution < -0.4 is 29.6 Å². The van der Waals surface area contributed by atoms with Crippen LogP contribution in [0.4, 0.5) is 0 Å². The Bertz CT molecular complexity index is 59.8. The first-order valence-corrected chi connectivity index (χ1v) is 1.44. The monoisotopic (exact) mass is 228 g/mol. The molecular weight excluding hydrogens is 221 g/mol. The molecule has 0 aromatic heterocycles. The minimum atomic E-state index is -0.718. The number of rotatable bonds is 1. The van der Waals surface area contributed by atoms with Crippen molar-refractivity contribution in [2.75, 3.05) is 6.61 Å². The number of carbonyl (C=O) groups excluding carboxylic acids is 1. The Balaban J connectivity index is -0.0000000133. The Hall–Kier alpha value is 1.93. The molecule has 0 heterocycles. The SMILES string of the molecule is Br.O=C(Cl)CO.[AlH3].[H-].[Na+]. The average molecular weight is 229 g/mol. The Morgan fingerprint density at radius 2 is 1.88 bits per heavy atom. The van der Waals surface area contributed by atoms with Crippen molar-refractivity contribution < 1.29 is 40.9 Å². The molecule has 0 spiro atoms. The van der Waals surface area contributed by atoms with E-state index < -0.39 is 11.8 Å². The van der Waals surface area contributed by atoms with E-state index in [1.807, 2.05) is 0 Å². The summed E-state index contributed by atoms with van der Waals surface area (Å²) in [6.45, 7) is -0.568. The van der Waals surface area contributed by atoms with E-state index in [9.17, 15) is 4.79 Å². The molecule has 0 aliphatic heterocycles. The average Bonchev–Trinajstić information content (AvgIpc) is 1.38. The maximum atomic E-state index is 9.33. The van der Waals surface area contributed by atoms with E-state index in [1.165, 1.54) is 0 Å². The first-order valence-electron chi connectivity index (χ1n) is 1.06. The summed E-state index contributed by atoms with van der Waals surface area (Å²) < 4.78 is 0. The number of halogens is 2. The van der Waals surface area contributed by atoms with Crippen molar-refractivity contribution in [2.24, 2.45) is 0 Å². The van der Waals surface area contributed by atoms with Gasteiger partial charge in [-0.25, -0.2) is 0 Å². The van der Waals surface area contributed by atoms with Gasteiger partial charge in [-0.3, -0.25) is 4.79 Å². The van der Waals surface area contributed by atoms with E-state index >= 15 is 0 Å². The van der Waals surface area contributed by atoms with Crippen molar-refractivity contribution in [1.82, 2.24) is 0 Å². The van der Waals surface area contributed by atoms with Crippen LogP contribution in [0.1, 0.15) is 1.43 Å². The third-order valence-electron chi connectivity index (χ3n) is 0.124. The van der Waals surface area contributed by atoms with Gasteiger partial charge in [-0.1, -0.05) is 0 Å². The van der Waals surface area contributed by atoms with Crippen molar-refractivity contribution in [1.29, 1.82) is 0 Å². The first kappa shape index (κ1) is 22.5. The fraction of sp³-hybridized carbons (Fsp3) is 0.500. The van der Waals surface area contributed by atoms with Gasteiger partial charge in [-0.2, -0.15) is 0 Å². The van der Waals surface area contributed by atoms with Crippen LogP contribution in [0.25, 0.3) is 0 Å². The number of hydrogen-bond acceptors (Lipinski definition) is 2. The van der Waals surface area contributed by atoms with Gasteiger partial charge >= 0.3 is 29.6 Å². The molecule has 2 nitrogen and oxygen atoms in total. The molecule has 0 saturated heterocycles. The zero-order valence-electron chi connectivity index (χ0n) is 4.85. The maximum absolute atomic E-state index is 9.33. The summed E-state index contributed by atoms with van der Waals surface area (Å²) in [4.78, 5) is 9.33. The Morgan fingerprint density at radius 1 is 1.75 bits per heavy atom. The van der Waals surface area contributed by atoms with Crippen LogP contribution in [0.3, 0.4) is 0 Å². The Kier molecular flexibility index (Phi) is 45.0. The summed E-state index contributed by atoms with van der Waals surface area (Å²) >= 11 is 4.57. The predicted octanol–water partition coefficient (Wildman–Crippen LogP) is -3.75. The van der Waals surface area contributed by atoms with Gasteiger partial charge < -0.3 is 6.53 Å². The zero-order valence-corrected chi connectivity index (χ0v) is 8.32. The van der Waals surface area contributed by atoms with Gasteiger partial charge in [0.25, 0.3) is 0 Å². The quantitative estimate of drug-likeness (QED) is 0.371. The van der Waals surface area contributed by atoms with Gasteiger partial charge in [-0.05, 0) is 11.6 Å². The van der Waals surface area contributed by atoms with Crippen molar-refractivity contribution in [3.63, 3.8) is 0 Å². The predicted molar refractivity (Wildman–Crippen MR) is 39.3 cm³/mol. The second-order valence-electron chi connectivity index (χ2n) is 0.513. The molecule has 0 bridgehead atoms. The van der Waals surface area contributed by atoms with Gasteiger partial charge in [0.1, 0.15) is 6.61 Å². The van der Waals surface area contributed by atoms with E-state index in [-0.39, 0.29) is 65.3 Å². The summed E-state index contributed by atoms with van der Waals surface area (Å²) in [6.07, 6.45) is 0. The maximum Gasteiger partial charge on any atom is 1.00 e. The topological polar surface area (TPSA) is 37.3 Å². The summed E-state index contributed by atoms with van der Waals surface area (Å²) in [5.74, 6) is 0. The standard InChI is InChI=1S/C2H3ClO2.Al.BrH.Na.4H/c3-2(5)1-4;;;;;;;/h4H,1H2;;1H;;;;;/q;;;+1;;;;-1. The molecule has 0 amide bonds. The molecule has 1 N–H and O–H groups in total. The fourth-order valence-corrected chi connectivity index (χ4v) is 0. The molecule has 0 unspecified atom stereocenters. The molecule has 0 aromatic carbocycles. The minimum absolute atomic E-state index is 0. The molecule has 0 atom stereocenters. The van der Waals surface area contributed by atoms with Gasteiger partial charge in [0.15, 0.2) is 17.4 Å².